The molecule has 0 aliphatic carbocycles. The Morgan fingerprint density at radius 2 is 1.94 bits per heavy atom. The summed E-state index contributed by atoms with van der Waals surface area (Å²) in [6, 6.07) is 10.4. The predicted octanol–water partition coefficient (Wildman–Crippen LogP) is 3.93. The van der Waals surface area contributed by atoms with Gasteiger partial charge in [0.2, 0.25) is 0 Å². The second kappa shape index (κ2) is 5.89. The number of benzene rings is 1. The summed E-state index contributed by atoms with van der Waals surface area (Å²) in [7, 11) is 0. The molecule has 0 amide bonds. The highest BCUT2D eigenvalue weighted by Gasteiger charge is 2.13. The van der Waals surface area contributed by atoms with Gasteiger partial charge in [0.15, 0.2) is 17.1 Å². The highest BCUT2D eigenvalue weighted by atomic mass is 35.5. The molecule has 0 saturated carbocycles. The van der Waals surface area contributed by atoms with E-state index >= 15 is 0 Å². The van der Waals surface area contributed by atoms with E-state index in [1.165, 1.54) is 11.3 Å². The quantitative estimate of drug-likeness (QED) is 0.484. The molecule has 1 heterocycles. The minimum absolute atomic E-state index is 0.364. The van der Waals surface area contributed by atoms with E-state index < -0.39 is 11.5 Å². The van der Waals surface area contributed by atoms with Crippen molar-refractivity contribution in [3.05, 3.63) is 46.7 Å². The van der Waals surface area contributed by atoms with E-state index in [1.54, 1.807) is 43.3 Å². The van der Waals surface area contributed by atoms with E-state index in [-0.39, 0.29) is 0 Å². The first-order chi connectivity index (χ1) is 8.66. The van der Waals surface area contributed by atoms with Crippen LogP contribution in [0.3, 0.4) is 0 Å². The van der Waals surface area contributed by atoms with Crippen LogP contribution in [0.4, 0.5) is 0 Å². The number of para-hydroxylation sites is 2. The van der Waals surface area contributed by atoms with Crippen molar-refractivity contribution in [2.24, 2.45) is 0 Å². The van der Waals surface area contributed by atoms with Crippen LogP contribution in [0.2, 0.25) is 0 Å². The first-order valence-corrected chi connectivity index (χ1v) is 6.64. The summed E-state index contributed by atoms with van der Waals surface area (Å²) in [6.45, 7) is 1.69. The number of hydrogen-bond acceptors (Lipinski definition) is 4. The van der Waals surface area contributed by atoms with Gasteiger partial charge < -0.3 is 9.47 Å². The van der Waals surface area contributed by atoms with Gasteiger partial charge in [-0.15, -0.1) is 11.3 Å². The van der Waals surface area contributed by atoms with E-state index in [0.717, 1.165) is 0 Å². The molecule has 0 bridgehead atoms. The SMILES string of the molecule is CC(Cl)Oc1ccccc1OC(=O)c1cccs1. The van der Waals surface area contributed by atoms with Crippen molar-refractivity contribution in [1.82, 2.24) is 0 Å². The molecule has 18 heavy (non-hydrogen) atoms. The summed E-state index contributed by atoms with van der Waals surface area (Å²) >= 11 is 7.09. The van der Waals surface area contributed by atoms with Crippen LogP contribution < -0.4 is 9.47 Å². The average molecular weight is 283 g/mol. The van der Waals surface area contributed by atoms with Gasteiger partial charge in [-0.05, 0) is 30.5 Å². The highest BCUT2D eigenvalue weighted by molar-refractivity contribution is 7.12. The smallest absolute Gasteiger partial charge is 0.353 e. The molecule has 2 rings (SSSR count). The lowest BCUT2D eigenvalue weighted by Gasteiger charge is -2.12. The van der Waals surface area contributed by atoms with Gasteiger partial charge in [0.25, 0.3) is 0 Å². The van der Waals surface area contributed by atoms with E-state index in [1.807, 2.05) is 5.38 Å². The molecule has 1 unspecified atom stereocenters. The van der Waals surface area contributed by atoms with E-state index in [9.17, 15) is 4.79 Å². The molecule has 0 fully saturated rings. The van der Waals surface area contributed by atoms with Crippen LogP contribution >= 0.6 is 22.9 Å². The van der Waals surface area contributed by atoms with Crippen molar-refractivity contribution in [2.45, 2.75) is 12.5 Å². The Hall–Kier alpha value is -1.52. The largest absolute Gasteiger partial charge is 0.471 e. The van der Waals surface area contributed by atoms with Crippen LogP contribution in [0, 0.1) is 0 Å². The Kier molecular flexibility index (Phi) is 4.23. The zero-order valence-corrected chi connectivity index (χ0v) is 11.2. The molecule has 0 aliphatic rings. The third-order valence-corrected chi connectivity index (χ3v) is 3.00. The fourth-order valence-electron chi connectivity index (χ4n) is 1.35. The van der Waals surface area contributed by atoms with E-state index in [0.29, 0.717) is 16.4 Å². The number of ether oxygens (including phenoxy) is 2. The standard InChI is InChI=1S/C13H11ClO3S/c1-9(14)16-10-5-2-3-6-11(10)17-13(15)12-7-4-8-18-12/h2-9H,1H3. The molecule has 0 radical (unpaired) electrons. The maximum Gasteiger partial charge on any atom is 0.353 e. The molecule has 1 aromatic carbocycles. The van der Waals surface area contributed by atoms with Gasteiger partial charge in [-0.3, -0.25) is 0 Å². The van der Waals surface area contributed by atoms with Crippen molar-refractivity contribution in [3.63, 3.8) is 0 Å². The van der Waals surface area contributed by atoms with Crippen LogP contribution in [-0.4, -0.2) is 11.5 Å². The number of rotatable bonds is 4. The Morgan fingerprint density at radius 1 is 1.22 bits per heavy atom. The molecular weight excluding hydrogens is 272 g/mol. The van der Waals surface area contributed by atoms with Crippen molar-refractivity contribution >= 4 is 28.9 Å². The zero-order valence-electron chi connectivity index (χ0n) is 9.63. The number of alkyl halides is 1. The molecule has 94 valence electrons. The normalized spacial score (nSPS) is 11.9. The first-order valence-electron chi connectivity index (χ1n) is 5.32. The summed E-state index contributed by atoms with van der Waals surface area (Å²) in [6.07, 6.45) is 0. The summed E-state index contributed by atoms with van der Waals surface area (Å²) in [5.74, 6) is 0.414. The minimum atomic E-state index is -0.494. The molecule has 0 aliphatic heterocycles. The Morgan fingerprint density at radius 3 is 2.56 bits per heavy atom. The molecule has 2 aromatic rings. The first kappa shape index (κ1) is 12.9. The Balaban J connectivity index is 2.16. The molecule has 1 atom stereocenters. The van der Waals surface area contributed by atoms with Gasteiger partial charge in [0.1, 0.15) is 4.88 Å². The van der Waals surface area contributed by atoms with Crippen molar-refractivity contribution in [2.75, 3.05) is 0 Å². The van der Waals surface area contributed by atoms with Gasteiger partial charge in [-0.2, -0.15) is 0 Å². The number of thiophene rings is 1. The fraction of sp³-hybridized carbons (Fsp3) is 0.154. The lowest BCUT2D eigenvalue weighted by atomic mass is 10.3. The molecule has 1 aromatic heterocycles. The number of esters is 1. The second-order valence-electron chi connectivity index (χ2n) is 3.47. The van der Waals surface area contributed by atoms with Gasteiger partial charge in [0, 0.05) is 0 Å². The van der Waals surface area contributed by atoms with Crippen molar-refractivity contribution in [1.29, 1.82) is 0 Å². The van der Waals surface area contributed by atoms with Crippen molar-refractivity contribution < 1.29 is 14.3 Å². The molecular formula is C13H11ClO3S. The summed E-state index contributed by atoms with van der Waals surface area (Å²) < 4.78 is 10.6. The Bertz CT molecular complexity index is 523. The van der Waals surface area contributed by atoms with Gasteiger partial charge in [0.05, 0.1) is 0 Å². The topological polar surface area (TPSA) is 35.5 Å². The second-order valence-corrected chi connectivity index (χ2v) is 5.04. The summed E-state index contributed by atoms with van der Waals surface area (Å²) in [4.78, 5) is 12.4. The van der Waals surface area contributed by atoms with Crippen LogP contribution in [0.25, 0.3) is 0 Å². The van der Waals surface area contributed by atoms with E-state index in [2.05, 4.69) is 0 Å². The number of carbonyl (C=O) groups is 1. The van der Waals surface area contributed by atoms with Gasteiger partial charge in [-0.1, -0.05) is 29.8 Å². The van der Waals surface area contributed by atoms with Gasteiger partial charge >= 0.3 is 5.97 Å². The number of carbonyl (C=O) groups excluding carboxylic acids is 1. The third kappa shape index (κ3) is 3.24. The average Bonchev–Trinajstić information content (AvgIpc) is 2.84. The highest BCUT2D eigenvalue weighted by Crippen LogP contribution is 2.29. The zero-order chi connectivity index (χ0) is 13.0. The maximum absolute atomic E-state index is 11.8. The van der Waals surface area contributed by atoms with Crippen molar-refractivity contribution in [3.8, 4) is 11.5 Å². The predicted molar refractivity (Wildman–Crippen MR) is 71.7 cm³/mol. The van der Waals surface area contributed by atoms with Gasteiger partial charge in [-0.25, -0.2) is 4.79 Å². The molecule has 5 heteroatoms. The maximum atomic E-state index is 11.8. The van der Waals surface area contributed by atoms with Crippen LogP contribution in [0.5, 0.6) is 11.5 Å². The van der Waals surface area contributed by atoms with Crippen LogP contribution in [0.1, 0.15) is 16.6 Å². The molecule has 3 nitrogen and oxygen atoms in total. The molecule has 0 N–H and O–H groups in total. The van der Waals surface area contributed by atoms with Crippen LogP contribution in [-0.2, 0) is 0 Å². The minimum Gasteiger partial charge on any atom is -0.471 e. The lowest BCUT2D eigenvalue weighted by Crippen LogP contribution is -2.09. The Labute approximate surface area is 114 Å². The molecule has 0 spiro atoms. The lowest BCUT2D eigenvalue weighted by molar-refractivity contribution is 0.0732. The third-order valence-electron chi connectivity index (χ3n) is 2.06. The summed E-state index contributed by atoms with van der Waals surface area (Å²) in [5.41, 5.74) is -0.494. The van der Waals surface area contributed by atoms with E-state index in [4.69, 9.17) is 21.1 Å². The fourth-order valence-corrected chi connectivity index (χ4v) is 2.05. The molecule has 0 saturated heterocycles. The number of halogens is 1. The van der Waals surface area contributed by atoms with Crippen LogP contribution in [0.15, 0.2) is 41.8 Å². The summed E-state index contributed by atoms with van der Waals surface area (Å²) in [5, 5.41) is 1.82. The number of hydrogen-bond donors (Lipinski definition) is 0. The monoisotopic (exact) mass is 282 g/mol.